The smallest absolute Gasteiger partial charge is 0.231 e. The number of benzene rings is 1. The molecule has 0 radical (unpaired) electrons. The van der Waals surface area contributed by atoms with E-state index in [1.54, 1.807) is 14.0 Å². The largest absolute Gasteiger partial charge is 0.454 e. The summed E-state index contributed by atoms with van der Waals surface area (Å²) in [7, 11) is 1.62. The van der Waals surface area contributed by atoms with Crippen molar-refractivity contribution in [2.45, 2.75) is 20.0 Å². The fraction of sp³-hybridized carbons (Fsp3) is 0.417. The van der Waals surface area contributed by atoms with E-state index in [-0.39, 0.29) is 12.6 Å². The molecule has 0 aliphatic carbocycles. The first-order chi connectivity index (χ1) is 7.72. The van der Waals surface area contributed by atoms with Gasteiger partial charge in [0.1, 0.15) is 5.78 Å². The van der Waals surface area contributed by atoms with Crippen LogP contribution in [0.25, 0.3) is 0 Å². The molecule has 1 aromatic carbocycles. The first kappa shape index (κ1) is 11.0. The summed E-state index contributed by atoms with van der Waals surface area (Å²) >= 11 is 0. The molecule has 16 heavy (non-hydrogen) atoms. The highest BCUT2D eigenvalue weighted by molar-refractivity contribution is 5.79. The highest BCUT2D eigenvalue weighted by Crippen LogP contribution is 2.38. The lowest BCUT2D eigenvalue weighted by atomic mass is 10.0. The zero-order valence-electron chi connectivity index (χ0n) is 9.41. The summed E-state index contributed by atoms with van der Waals surface area (Å²) in [6.45, 7) is 2.23. The van der Waals surface area contributed by atoms with Gasteiger partial charge in [0.05, 0.1) is 6.61 Å². The van der Waals surface area contributed by atoms with Crippen molar-refractivity contribution in [3.05, 3.63) is 23.3 Å². The minimum atomic E-state index is 0.121. The predicted octanol–water partition coefficient (Wildman–Crippen LogP) is 1.69. The molecule has 0 fully saturated rings. The van der Waals surface area contributed by atoms with Crippen LogP contribution in [0.5, 0.6) is 11.5 Å². The molecule has 4 nitrogen and oxygen atoms in total. The lowest BCUT2D eigenvalue weighted by Gasteiger charge is -2.10. The molecule has 0 amide bonds. The Morgan fingerprint density at radius 1 is 1.44 bits per heavy atom. The summed E-state index contributed by atoms with van der Waals surface area (Å²) in [5.74, 6) is 1.55. The quantitative estimate of drug-likeness (QED) is 0.777. The van der Waals surface area contributed by atoms with E-state index >= 15 is 0 Å². The molecule has 0 atom stereocenters. The van der Waals surface area contributed by atoms with E-state index in [9.17, 15) is 4.79 Å². The highest BCUT2D eigenvalue weighted by atomic mass is 16.7. The SMILES string of the molecule is COCc1c(CC(C)=O)ccc2c1OCO2. The van der Waals surface area contributed by atoms with Gasteiger partial charge in [-0.25, -0.2) is 0 Å². The molecule has 0 N–H and O–H groups in total. The van der Waals surface area contributed by atoms with Gasteiger partial charge in [0, 0.05) is 19.1 Å². The Morgan fingerprint density at radius 2 is 2.25 bits per heavy atom. The van der Waals surface area contributed by atoms with E-state index in [4.69, 9.17) is 14.2 Å². The number of ether oxygens (including phenoxy) is 3. The Hall–Kier alpha value is -1.55. The number of Topliss-reactive ketones (excluding diaryl/α,β-unsaturated/α-hetero) is 1. The average molecular weight is 222 g/mol. The number of hydrogen-bond acceptors (Lipinski definition) is 4. The fourth-order valence-corrected chi connectivity index (χ4v) is 1.81. The maximum Gasteiger partial charge on any atom is 0.231 e. The summed E-state index contributed by atoms with van der Waals surface area (Å²) in [5.41, 5.74) is 1.85. The Bertz CT molecular complexity index is 412. The van der Waals surface area contributed by atoms with Crippen LogP contribution in [0.3, 0.4) is 0 Å². The molecule has 0 spiro atoms. The summed E-state index contributed by atoms with van der Waals surface area (Å²) < 4.78 is 15.8. The second kappa shape index (κ2) is 4.53. The Labute approximate surface area is 94.1 Å². The summed E-state index contributed by atoms with van der Waals surface area (Å²) in [4.78, 5) is 11.2. The topological polar surface area (TPSA) is 44.8 Å². The standard InChI is InChI=1S/C12H14O4/c1-8(13)5-9-3-4-11-12(16-7-15-11)10(9)6-14-2/h3-4H,5-7H2,1-2H3. The van der Waals surface area contributed by atoms with Crippen LogP contribution in [-0.2, 0) is 22.6 Å². The second-order valence-electron chi connectivity index (χ2n) is 3.75. The van der Waals surface area contributed by atoms with Crippen molar-refractivity contribution in [2.24, 2.45) is 0 Å². The second-order valence-corrected chi connectivity index (χ2v) is 3.75. The van der Waals surface area contributed by atoms with Crippen LogP contribution < -0.4 is 9.47 Å². The number of fused-ring (bicyclic) bond motifs is 1. The third-order valence-corrected chi connectivity index (χ3v) is 2.47. The zero-order valence-corrected chi connectivity index (χ0v) is 9.41. The van der Waals surface area contributed by atoms with E-state index in [1.165, 1.54) is 0 Å². The third-order valence-electron chi connectivity index (χ3n) is 2.47. The molecule has 2 rings (SSSR count). The van der Waals surface area contributed by atoms with Crippen LogP contribution in [-0.4, -0.2) is 19.7 Å². The number of ketones is 1. The van der Waals surface area contributed by atoms with Gasteiger partial charge in [-0.3, -0.25) is 4.79 Å². The van der Waals surface area contributed by atoms with Crippen molar-refractivity contribution in [3.63, 3.8) is 0 Å². The molecule has 1 aliphatic heterocycles. The summed E-state index contributed by atoms with van der Waals surface area (Å²) in [6, 6.07) is 3.73. The van der Waals surface area contributed by atoms with E-state index in [1.807, 2.05) is 12.1 Å². The predicted molar refractivity (Wildman–Crippen MR) is 57.7 cm³/mol. The number of methoxy groups -OCH3 is 1. The van der Waals surface area contributed by atoms with Crippen molar-refractivity contribution in [1.29, 1.82) is 0 Å². The van der Waals surface area contributed by atoms with Gasteiger partial charge < -0.3 is 14.2 Å². The number of rotatable bonds is 4. The van der Waals surface area contributed by atoms with E-state index < -0.39 is 0 Å². The van der Waals surface area contributed by atoms with Gasteiger partial charge in [-0.2, -0.15) is 0 Å². The molecule has 1 heterocycles. The van der Waals surface area contributed by atoms with Crippen molar-refractivity contribution in [3.8, 4) is 11.5 Å². The summed E-state index contributed by atoms with van der Waals surface area (Å²) in [5, 5.41) is 0. The maximum atomic E-state index is 11.2. The molecule has 1 aliphatic rings. The molecule has 0 bridgehead atoms. The molecule has 1 aromatic rings. The van der Waals surface area contributed by atoms with Crippen LogP contribution in [0.2, 0.25) is 0 Å². The van der Waals surface area contributed by atoms with Crippen LogP contribution in [0.15, 0.2) is 12.1 Å². The molecule has 86 valence electrons. The lowest BCUT2D eigenvalue weighted by Crippen LogP contribution is -2.03. The number of carbonyl (C=O) groups excluding carboxylic acids is 1. The molecule has 0 unspecified atom stereocenters. The van der Waals surface area contributed by atoms with Crippen molar-refractivity contribution in [1.82, 2.24) is 0 Å². The van der Waals surface area contributed by atoms with Crippen molar-refractivity contribution in [2.75, 3.05) is 13.9 Å². The maximum absolute atomic E-state index is 11.2. The summed E-state index contributed by atoms with van der Waals surface area (Å²) in [6.07, 6.45) is 0.398. The first-order valence-corrected chi connectivity index (χ1v) is 5.11. The lowest BCUT2D eigenvalue weighted by molar-refractivity contribution is -0.116. The molecule has 4 heteroatoms. The molecule has 0 saturated heterocycles. The monoisotopic (exact) mass is 222 g/mol. The van der Waals surface area contributed by atoms with Crippen LogP contribution in [0.4, 0.5) is 0 Å². The minimum Gasteiger partial charge on any atom is -0.454 e. The Morgan fingerprint density at radius 3 is 2.94 bits per heavy atom. The van der Waals surface area contributed by atoms with Gasteiger partial charge >= 0.3 is 0 Å². The van der Waals surface area contributed by atoms with E-state index in [0.29, 0.717) is 18.8 Å². The van der Waals surface area contributed by atoms with Crippen LogP contribution in [0.1, 0.15) is 18.1 Å². The Kier molecular flexibility index (Phi) is 3.10. The number of carbonyl (C=O) groups is 1. The third kappa shape index (κ3) is 2.02. The van der Waals surface area contributed by atoms with Gasteiger partial charge in [0.25, 0.3) is 0 Å². The molecule has 0 saturated carbocycles. The van der Waals surface area contributed by atoms with Crippen molar-refractivity contribution >= 4 is 5.78 Å². The molecular weight excluding hydrogens is 208 g/mol. The van der Waals surface area contributed by atoms with Gasteiger partial charge in [0.2, 0.25) is 6.79 Å². The Balaban J connectivity index is 2.40. The van der Waals surface area contributed by atoms with E-state index in [0.717, 1.165) is 16.9 Å². The van der Waals surface area contributed by atoms with Crippen LogP contribution in [0, 0.1) is 0 Å². The molecule has 0 aromatic heterocycles. The van der Waals surface area contributed by atoms with Gasteiger partial charge in [0.15, 0.2) is 11.5 Å². The number of hydrogen-bond donors (Lipinski definition) is 0. The van der Waals surface area contributed by atoms with Gasteiger partial charge in [-0.15, -0.1) is 0 Å². The highest BCUT2D eigenvalue weighted by Gasteiger charge is 2.20. The van der Waals surface area contributed by atoms with Gasteiger partial charge in [-0.05, 0) is 18.6 Å². The van der Waals surface area contributed by atoms with E-state index in [2.05, 4.69) is 0 Å². The molecular formula is C12H14O4. The minimum absolute atomic E-state index is 0.121. The first-order valence-electron chi connectivity index (χ1n) is 5.11. The average Bonchev–Trinajstić information content (AvgIpc) is 2.69. The fourth-order valence-electron chi connectivity index (χ4n) is 1.81. The van der Waals surface area contributed by atoms with Gasteiger partial charge in [-0.1, -0.05) is 6.07 Å². The van der Waals surface area contributed by atoms with Crippen molar-refractivity contribution < 1.29 is 19.0 Å². The van der Waals surface area contributed by atoms with Crippen LogP contribution >= 0.6 is 0 Å². The normalized spacial score (nSPS) is 12.9. The zero-order chi connectivity index (χ0) is 11.5.